The van der Waals surface area contributed by atoms with Crippen LogP contribution in [-0.2, 0) is 0 Å². The molecule has 1 aromatic rings. The summed E-state index contributed by atoms with van der Waals surface area (Å²) >= 11 is 0. The fourth-order valence-corrected chi connectivity index (χ4v) is 2.24. The first kappa shape index (κ1) is 9.28. The number of rotatable bonds is 0. The first-order chi connectivity index (χ1) is 7.77. The van der Waals surface area contributed by atoms with Crippen LogP contribution in [-0.4, -0.2) is 0 Å². The van der Waals surface area contributed by atoms with E-state index in [1.807, 2.05) is 12.4 Å². The van der Waals surface area contributed by atoms with Crippen LogP contribution in [0.4, 0.5) is 11.4 Å². The van der Waals surface area contributed by atoms with Crippen LogP contribution in [0.15, 0.2) is 36.7 Å². The predicted octanol–water partition coefficient (Wildman–Crippen LogP) is 1.91. The van der Waals surface area contributed by atoms with Crippen molar-refractivity contribution >= 4 is 22.5 Å². The maximum atomic E-state index is 3.33. The maximum absolute atomic E-state index is 3.33. The SMILES string of the molecule is CC1=c2ccc3c(c2NC=C1)NC=CC=3C. The fourth-order valence-electron chi connectivity index (χ4n) is 2.24. The van der Waals surface area contributed by atoms with Crippen molar-refractivity contribution in [3.63, 3.8) is 0 Å². The Bertz CT molecular complexity index is 576. The fraction of sp³-hybridized carbons (Fsp3) is 0.143. The number of nitrogens with one attached hydrogen (secondary N) is 2. The van der Waals surface area contributed by atoms with E-state index in [2.05, 4.69) is 48.8 Å². The second-order valence-electron chi connectivity index (χ2n) is 4.23. The molecule has 2 nitrogen and oxygen atoms in total. The molecule has 2 aliphatic heterocycles. The van der Waals surface area contributed by atoms with E-state index in [0.717, 1.165) is 0 Å². The molecule has 2 N–H and O–H groups in total. The van der Waals surface area contributed by atoms with Crippen molar-refractivity contribution in [1.82, 2.24) is 0 Å². The lowest BCUT2D eigenvalue weighted by molar-refractivity contribution is 1.38. The van der Waals surface area contributed by atoms with Crippen LogP contribution < -0.4 is 21.1 Å². The molecule has 3 rings (SSSR count). The molecule has 0 atom stereocenters. The molecule has 0 saturated heterocycles. The van der Waals surface area contributed by atoms with E-state index >= 15 is 0 Å². The molecule has 0 aliphatic carbocycles. The highest BCUT2D eigenvalue weighted by Gasteiger charge is 2.10. The Balaban J connectivity index is 2.45. The van der Waals surface area contributed by atoms with Crippen LogP contribution in [0.25, 0.3) is 11.1 Å². The average molecular weight is 210 g/mol. The number of hydrogen-bond acceptors (Lipinski definition) is 2. The Hall–Kier alpha value is -1.96. The summed E-state index contributed by atoms with van der Waals surface area (Å²) in [7, 11) is 0. The minimum atomic E-state index is 1.18. The first-order valence-electron chi connectivity index (χ1n) is 5.48. The van der Waals surface area contributed by atoms with Crippen molar-refractivity contribution < 1.29 is 0 Å². The largest absolute Gasteiger partial charge is 0.359 e. The molecule has 2 heteroatoms. The standard InChI is InChI=1S/C14H14N2/c1-9-5-7-15-13-11(9)3-4-12-10(2)6-8-16-14(12)13/h3-8,15-16H,1-2H3. The van der Waals surface area contributed by atoms with Gasteiger partial charge in [0.2, 0.25) is 0 Å². The van der Waals surface area contributed by atoms with Crippen LogP contribution in [0.2, 0.25) is 0 Å². The van der Waals surface area contributed by atoms with E-state index in [1.54, 1.807) is 0 Å². The summed E-state index contributed by atoms with van der Waals surface area (Å²) in [4.78, 5) is 0. The molecule has 0 radical (unpaired) electrons. The Labute approximate surface area is 94.7 Å². The monoisotopic (exact) mass is 210 g/mol. The lowest BCUT2D eigenvalue weighted by Gasteiger charge is -2.18. The lowest BCUT2D eigenvalue weighted by Crippen LogP contribution is -2.24. The highest BCUT2D eigenvalue weighted by molar-refractivity contribution is 5.82. The van der Waals surface area contributed by atoms with Gasteiger partial charge in [0.25, 0.3) is 0 Å². The van der Waals surface area contributed by atoms with Crippen molar-refractivity contribution in [3.05, 3.63) is 47.1 Å². The van der Waals surface area contributed by atoms with Crippen LogP contribution in [0.5, 0.6) is 0 Å². The molecular weight excluding hydrogens is 196 g/mol. The quantitative estimate of drug-likeness (QED) is 0.683. The molecule has 0 saturated carbocycles. The Morgan fingerprint density at radius 3 is 1.62 bits per heavy atom. The van der Waals surface area contributed by atoms with Gasteiger partial charge in [-0.25, -0.2) is 0 Å². The third-order valence-corrected chi connectivity index (χ3v) is 3.18. The third kappa shape index (κ3) is 1.20. The molecule has 0 bridgehead atoms. The highest BCUT2D eigenvalue weighted by atomic mass is 14.9. The molecule has 0 spiro atoms. The van der Waals surface area contributed by atoms with Crippen molar-refractivity contribution in [2.75, 3.05) is 10.6 Å². The molecule has 80 valence electrons. The predicted molar refractivity (Wildman–Crippen MR) is 69.4 cm³/mol. The van der Waals surface area contributed by atoms with E-state index in [4.69, 9.17) is 0 Å². The Kier molecular flexibility index (Phi) is 1.90. The highest BCUT2D eigenvalue weighted by Crippen LogP contribution is 2.19. The summed E-state index contributed by atoms with van der Waals surface area (Å²) in [6.45, 7) is 4.27. The second-order valence-corrected chi connectivity index (χ2v) is 4.23. The van der Waals surface area contributed by atoms with Gasteiger partial charge in [-0.2, -0.15) is 0 Å². The number of anilines is 2. The molecule has 0 fully saturated rings. The van der Waals surface area contributed by atoms with Crippen molar-refractivity contribution in [3.8, 4) is 0 Å². The molecule has 0 unspecified atom stereocenters. The zero-order chi connectivity index (χ0) is 11.1. The lowest BCUT2D eigenvalue weighted by atomic mass is 10.0. The summed E-state index contributed by atoms with van der Waals surface area (Å²) in [5, 5.41) is 9.21. The smallest absolute Gasteiger partial charge is 0.0701 e. The van der Waals surface area contributed by atoms with E-state index in [0.29, 0.717) is 0 Å². The number of benzene rings is 1. The molecule has 2 aliphatic rings. The molecule has 1 aromatic carbocycles. The number of hydrogen-bond donors (Lipinski definition) is 2. The van der Waals surface area contributed by atoms with Crippen molar-refractivity contribution in [1.29, 1.82) is 0 Å². The Morgan fingerprint density at radius 1 is 0.750 bits per heavy atom. The topological polar surface area (TPSA) is 24.1 Å². The minimum Gasteiger partial charge on any atom is -0.359 e. The molecule has 2 heterocycles. The number of fused-ring (bicyclic) bond motifs is 3. The average Bonchev–Trinajstić information content (AvgIpc) is 2.30. The first-order valence-corrected chi connectivity index (χ1v) is 5.48. The van der Waals surface area contributed by atoms with Gasteiger partial charge in [0.05, 0.1) is 11.4 Å². The van der Waals surface area contributed by atoms with E-state index in [-0.39, 0.29) is 0 Å². The van der Waals surface area contributed by atoms with Crippen LogP contribution in [0.1, 0.15) is 13.8 Å². The molecule has 16 heavy (non-hydrogen) atoms. The molecule has 0 amide bonds. The van der Waals surface area contributed by atoms with Gasteiger partial charge in [-0.1, -0.05) is 12.1 Å². The van der Waals surface area contributed by atoms with E-state index < -0.39 is 0 Å². The van der Waals surface area contributed by atoms with Crippen LogP contribution in [0.3, 0.4) is 0 Å². The molecule has 0 aromatic heterocycles. The van der Waals surface area contributed by atoms with Gasteiger partial charge < -0.3 is 10.6 Å². The van der Waals surface area contributed by atoms with Gasteiger partial charge >= 0.3 is 0 Å². The van der Waals surface area contributed by atoms with Gasteiger partial charge in [-0.05, 0) is 37.1 Å². The maximum Gasteiger partial charge on any atom is 0.0701 e. The van der Waals surface area contributed by atoms with Gasteiger partial charge in [0.15, 0.2) is 0 Å². The van der Waals surface area contributed by atoms with Crippen molar-refractivity contribution in [2.45, 2.75) is 13.8 Å². The van der Waals surface area contributed by atoms with Crippen LogP contribution >= 0.6 is 0 Å². The summed E-state index contributed by atoms with van der Waals surface area (Å²) in [5.41, 5.74) is 4.96. The molecular formula is C14H14N2. The van der Waals surface area contributed by atoms with E-state index in [1.165, 1.54) is 33.0 Å². The normalized spacial score (nSPS) is 16.4. The zero-order valence-electron chi connectivity index (χ0n) is 9.46. The van der Waals surface area contributed by atoms with Gasteiger partial charge in [-0.15, -0.1) is 0 Å². The van der Waals surface area contributed by atoms with Crippen LogP contribution in [0, 0.1) is 0 Å². The summed E-state index contributed by atoms with van der Waals surface area (Å²) in [5.74, 6) is 0. The summed E-state index contributed by atoms with van der Waals surface area (Å²) in [6.07, 6.45) is 8.19. The zero-order valence-corrected chi connectivity index (χ0v) is 9.46. The summed E-state index contributed by atoms with van der Waals surface area (Å²) < 4.78 is 0. The number of allylic oxidation sites excluding steroid dienone is 2. The third-order valence-electron chi connectivity index (χ3n) is 3.18. The Morgan fingerprint density at radius 2 is 1.19 bits per heavy atom. The van der Waals surface area contributed by atoms with Gasteiger partial charge in [0.1, 0.15) is 0 Å². The second kappa shape index (κ2) is 3.27. The van der Waals surface area contributed by atoms with E-state index in [9.17, 15) is 0 Å². The summed E-state index contributed by atoms with van der Waals surface area (Å²) in [6, 6.07) is 4.37. The minimum absolute atomic E-state index is 1.18. The van der Waals surface area contributed by atoms with Gasteiger partial charge in [-0.3, -0.25) is 0 Å². The van der Waals surface area contributed by atoms with Gasteiger partial charge in [0, 0.05) is 22.8 Å². The van der Waals surface area contributed by atoms with Crippen molar-refractivity contribution in [2.24, 2.45) is 0 Å².